The molecule has 0 atom stereocenters. The molecule has 4 rings (SSSR count). The van der Waals surface area contributed by atoms with E-state index in [0.29, 0.717) is 17.4 Å². The molecular weight excluding hydrogens is 410 g/mol. The molecule has 0 aliphatic carbocycles. The van der Waals surface area contributed by atoms with Crippen LogP contribution in [0.4, 0.5) is 0 Å². The number of methoxy groups -OCH3 is 1. The van der Waals surface area contributed by atoms with Crippen molar-refractivity contribution in [1.82, 2.24) is 14.9 Å². The Morgan fingerprint density at radius 1 is 1.13 bits per heavy atom. The van der Waals surface area contributed by atoms with Gasteiger partial charge in [0.25, 0.3) is 0 Å². The molecule has 5 nitrogen and oxygen atoms in total. The van der Waals surface area contributed by atoms with Crippen LogP contribution in [0.15, 0.2) is 60.9 Å². The Bertz CT molecular complexity index is 1030. The average molecular weight is 436 g/mol. The van der Waals surface area contributed by atoms with Gasteiger partial charge in [-0.2, -0.15) is 0 Å². The molecule has 2 heterocycles. The van der Waals surface area contributed by atoms with Gasteiger partial charge in [0.2, 0.25) is 5.91 Å². The standard InChI is InChI=1S/C25H26ClN3O2/c1-31-22-8-5-18(6-9-22)7-10-25(30)29-13-11-19(12-14-29)23-16-27-17-24(28-23)20-3-2-4-21(26)15-20/h2-6,8-9,15-17,19H,7,10-14H2,1H3. The van der Waals surface area contributed by atoms with Crippen molar-refractivity contribution < 1.29 is 9.53 Å². The number of nitrogens with zero attached hydrogens (tertiary/aromatic N) is 3. The largest absolute Gasteiger partial charge is 0.497 e. The van der Waals surface area contributed by atoms with E-state index in [-0.39, 0.29) is 5.91 Å². The molecule has 1 amide bonds. The van der Waals surface area contributed by atoms with Crippen molar-refractivity contribution in [3.63, 3.8) is 0 Å². The number of likely N-dealkylation sites (tertiary alicyclic amines) is 1. The first-order valence-electron chi connectivity index (χ1n) is 10.6. The van der Waals surface area contributed by atoms with Gasteiger partial charge in [-0.15, -0.1) is 0 Å². The number of benzene rings is 2. The molecule has 160 valence electrons. The Balaban J connectivity index is 1.32. The number of rotatable bonds is 6. The van der Waals surface area contributed by atoms with Crippen molar-refractivity contribution in [2.24, 2.45) is 0 Å². The van der Waals surface area contributed by atoms with Crippen LogP contribution in [-0.4, -0.2) is 41.0 Å². The first-order chi connectivity index (χ1) is 15.1. The van der Waals surface area contributed by atoms with Gasteiger partial charge in [0.1, 0.15) is 5.75 Å². The van der Waals surface area contributed by atoms with Crippen LogP contribution in [0.3, 0.4) is 0 Å². The number of piperidine rings is 1. The van der Waals surface area contributed by atoms with Gasteiger partial charge in [0.05, 0.1) is 24.7 Å². The molecule has 3 aromatic rings. The van der Waals surface area contributed by atoms with Gasteiger partial charge in [-0.05, 0) is 49.1 Å². The number of hydrogen-bond donors (Lipinski definition) is 0. The number of amides is 1. The summed E-state index contributed by atoms with van der Waals surface area (Å²) < 4.78 is 5.18. The second-order valence-corrected chi connectivity index (χ2v) is 8.28. The molecule has 1 fully saturated rings. The second kappa shape index (κ2) is 9.92. The first-order valence-corrected chi connectivity index (χ1v) is 11.0. The van der Waals surface area contributed by atoms with Crippen LogP contribution in [0.25, 0.3) is 11.3 Å². The lowest BCUT2D eigenvalue weighted by Crippen LogP contribution is -2.38. The molecule has 1 saturated heterocycles. The van der Waals surface area contributed by atoms with E-state index < -0.39 is 0 Å². The molecular formula is C25H26ClN3O2. The Kier molecular flexibility index (Phi) is 6.82. The zero-order valence-corrected chi connectivity index (χ0v) is 18.4. The zero-order chi connectivity index (χ0) is 21.6. The number of halogens is 1. The van der Waals surface area contributed by atoms with Crippen molar-refractivity contribution in [1.29, 1.82) is 0 Å². The predicted molar refractivity (Wildman–Crippen MR) is 122 cm³/mol. The summed E-state index contributed by atoms with van der Waals surface area (Å²) >= 11 is 6.12. The van der Waals surface area contributed by atoms with Gasteiger partial charge < -0.3 is 9.64 Å². The minimum absolute atomic E-state index is 0.216. The number of carbonyl (C=O) groups is 1. The minimum atomic E-state index is 0.216. The lowest BCUT2D eigenvalue weighted by molar-refractivity contribution is -0.132. The Labute approximate surface area is 188 Å². The smallest absolute Gasteiger partial charge is 0.222 e. The lowest BCUT2D eigenvalue weighted by Gasteiger charge is -2.32. The van der Waals surface area contributed by atoms with Crippen LogP contribution in [-0.2, 0) is 11.2 Å². The van der Waals surface area contributed by atoms with Crippen molar-refractivity contribution in [3.8, 4) is 17.0 Å². The molecule has 0 bridgehead atoms. The first kappa shape index (κ1) is 21.3. The summed E-state index contributed by atoms with van der Waals surface area (Å²) in [5, 5.41) is 0.686. The highest BCUT2D eigenvalue weighted by Gasteiger charge is 2.25. The third-order valence-electron chi connectivity index (χ3n) is 5.83. The molecule has 0 spiro atoms. The minimum Gasteiger partial charge on any atom is -0.497 e. The van der Waals surface area contributed by atoms with Crippen LogP contribution < -0.4 is 4.74 Å². The highest BCUT2D eigenvalue weighted by molar-refractivity contribution is 6.30. The topological polar surface area (TPSA) is 55.3 Å². The zero-order valence-electron chi connectivity index (χ0n) is 17.6. The van der Waals surface area contributed by atoms with Crippen molar-refractivity contribution in [2.45, 2.75) is 31.6 Å². The molecule has 31 heavy (non-hydrogen) atoms. The number of aryl methyl sites for hydroxylation is 1. The Morgan fingerprint density at radius 2 is 1.90 bits per heavy atom. The van der Waals surface area contributed by atoms with Crippen LogP contribution in [0, 0.1) is 0 Å². The maximum Gasteiger partial charge on any atom is 0.222 e. The quantitative estimate of drug-likeness (QED) is 0.537. The molecule has 0 unspecified atom stereocenters. The fourth-order valence-electron chi connectivity index (χ4n) is 3.99. The van der Waals surface area contributed by atoms with Gasteiger partial charge in [-0.25, -0.2) is 4.98 Å². The van der Waals surface area contributed by atoms with Gasteiger partial charge in [0, 0.05) is 42.2 Å². The Morgan fingerprint density at radius 3 is 2.61 bits per heavy atom. The molecule has 0 radical (unpaired) electrons. The maximum absolute atomic E-state index is 12.7. The summed E-state index contributed by atoms with van der Waals surface area (Å²) in [6.07, 6.45) is 6.70. The van der Waals surface area contributed by atoms with Crippen LogP contribution in [0.2, 0.25) is 5.02 Å². The molecule has 1 aliphatic rings. The summed E-state index contributed by atoms with van der Waals surface area (Å²) in [6.45, 7) is 1.52. The summed E-state index contributed by atoms with van der Waals surface area (Å²) in [5.41, 5.74) is 3.94. The number of ether oxygens (including phenoxy) is 1. The third kappa shape index (κ3) is 5.42. The normalized spacial score (nSPS) is 14.5. The predicted octanol–water partition coefficient (Wildman–Crippen LogP) is 5.14. The molecule has 1 aliphatic heterocycles. The van der Waals surface area contributed by atoms with E-state index in [9.17, 15) is 4.79 Å². The fraction of sp³-hybridized carbons (Fsp3) is 0.320. The second-order valence-electron chi connectivity index (χ2n) is 7.84. The van der Waals surface area contributed by atoms with Crippen LogP contribution in [0.1, 0.15) is 36.4 Å². The average Bonchev–Trinajstić information content (AvgIpc) is 2.83. The number of hydrogen-bond acceptors (Lipinski definition) is 4. The number of aromatic nitrogens is 2. The van der Waals surface area contributed by atoms with Crippen molar-refractivity contribution in [3.05, 3.63) is 77.2 Å². The maximum atomic E-state index is 12.7. The molecule has 6 heteroatoms. The summed E-state index contributed by atoms with van der Waals surface area (Å²) in [5.74, 6) is 1.37. The van der Waals surface area contributed by atoms with Gasteiger partial charge >= 0.3 is 0 Å². The monoisotopic (exact) mass is 435 g/mol. The SMILES string of the molecule is COc1ccc(CCC(=O)N2CCC(c3cncc(-c4cccc(Cl)c4)n3)CC2)cc1. The molecule has 2 aromatic carbocycles. The van der Waals surface area contributed by atoms with E-state index in [1.54, 1.807) is 13.3 Å². The highest BCUT2D eigenvalue weighted by atomic mass is 35.5. The van der Waals surface area contributed by atoms with E-state index in [4.69, 9.17) is 21.3 Å². The van der Waals surface area contributed by atoms with Gasteiger partial charge in [0.15, 0.2) is 0 Å². The molecule has 0 N–H and O–H groups in total. The summed E-state index contributed by atoms with van der Waals surface area (Å²) in [7, 11) is 1.65. The number of carbonyl (C=O) groups excluding carboxylic acids is 1. The highest BCUT2D eigenvalue weighted by Crippen LogP contribution is 2.29. The third-order valence-corrected chi connectivity index (χ3v) is 6.06. The Hall–Kier alpha value is -2.92. The van der Waals surface area contributed by atoms with Crippen molar-refractivity contribution in [2.75, 3.05) is 20.2 Å². The summed E-state index contributed by atoms with van der Waals surface area (Å²) in [4.78, 5) is 23.9. The van der Waals surface area contributed by atoms with E-state index >= 15 is 0 Å². The molecule has 0 saturated carbocycles. The lowest BCUT2D eigenvalue weighted by atomic mass is 9.93. The van der Waals surface area contributed by atoms with Gasteiger partial charge in [-0.3, -0.25) is 9.78 Å². The van der Waals surface area contributed by atoms with Crippen LogP contribution >= 0.6 is 11.6 Å². The van der Waals surface area contributed by atoms with E-state index in [1.165, 1.54) is 0 Å². The summed E-state index contributed by atoms with van der Waals surface area (Å²) in [6, 6.07) is 15.6. The van der Waals surface area contributed by atoms with Crippen molar-refractivity contribution >= 4 is 17.5 Å². The molecule has 1 aromatic heterocycles. The van der Waals surface area contributed by atoms with E-state index in [1.807, 2.05) is 59.6 Å². The van der Waals surface area contributed by atoms with E-state index in [2.05, 4.69) is 4.98 Å². The van der Waals surface area contributed by atoms with Crippen LogP contribution in [0.5, 0.6) is 5.75 Å². The van der Waals surface area contributed by atoms with E-state index in [0.717, 1.165) is 60.6 Å². The van der Waals surface area contributed by atoms with Gasteiger partial charge in [-0.1, -0.05) is 35.9 Å². The fourth-order valence-corrected chi connectivity index (χ4v) is 4.18.